The number of carboxylic acids is 2. The summed E-state index contributed by atoms with van der Waals surface area (Å²) in [7, 11) is 0. The molecule has 0 saturated heterocycles. The average Bonchev–Trinajstić information content (AvgIpc) is 2.58. The van der Waals surface area contributed by atoms with Crippen molar-refractivity contribution in [2.24, 2.45) is 0 Å². The molecule has 2 N–H and O–H groups in total. The summed E-state index contributed by atoms with van der Waals surface area (Å²) < 4.78 is 1.50. The van der Waals surface area contributed by atoms with Gasteiger partial charge in [0, 0.05) is 17.8 Å². The van der Waals surface area contributed by atoms with Crippen molar-refractivity contribution in [3.63, 3.8) is 0 Å². The molecule has 0 aromatic carbocycles. The van der Waals surface area contributed by atoms with E-state index in [1.54, 1.807) is 11.6 Å². The summed E-state index contributed by atoms with van der Waals surface area (Å²) >= 11 is 1.20. The van der Waals surface area contributed by atoms with Crippen LogP contribution in [0, 0.1) is 0 Å². The average molecular weight is 211 g/mol. The molecule has 0 radical (unpaired) electrons. The molecule has 6 heteroatoms. The normalized spacial score (nSPS) is 10.6. The number of thiazole rings is 1. The van der Waals surface area contributed by atoms with Gasteiger partial charge in [0.1, 0.15) is 10.4 Å². The van der Waals surface area contributed by atoms with Crippen molar-refractivity contribution in [3.8, 4) is 0 Å². The molecule has 0 bridgehead atoms. The van der Waals surface area contributed by atoms with Gasteiger partial charge in [-0.15, -0.1) is 11.3 Å². The van der Waals surface area contributed by atoms with Gasteiger partial charge in [0.05, 0.1) is 5.56 Å². The third-order valence-electron chi connectivity index (χ3n) is 1.83. The van der Waals surface area contributed by atoms with Gasteiger partial charge in [-0.1, -0.05) is 0 Å². The molecule has 0 amide bonds. The van der Waals surface area contributed by atoms with E-state index >= 15 is 0 Å². The largest absolute Gasteiger partial charge is 0.478 e. The first-order valence-electron chi connectivity index (χ1n) is 3.66. The second-order valence-corrected chi connectivity index (χ2v) is 3.54. The monoisotopic (exact) mass is 211 g/mol. The highest BCUT2D eigenvalue weighted by Crippen LogP contribution is 2.23. The highest BCUT2D eigenvalue weighted by Gasteiger charge is 2.22. The van der Waals surface area contributed by atoms with Crippen LogP contribution in [0.2, 0.25) is 0 Å². The molecule has 0 fully saturated rings. The van der Waals surface area contributed by atoms with Crippen LogP contribution < -0.4 is 0 Å². The van der Waals surface area contributed by atoms with Crippen LogP contribution in [0.5, 0.6) is 0 Å². The Morgan fingerprint density at radius 1 is 1.29 bits per heavy atom. The predicted octanol–water partition coefficient (Wildman–Crippen LogP) is 1.40. The van der Waals surface area contributed by atoms with Gasteiger partial charge in [0.2, 0.25) is 0 Å². The topological polar surface area (TPSA) is 79.0 Å². The first-order chi connectivity index (χ1) is 6.61. The van der Waals surface area contributed by atoms with Gasteiger partial charge in [-0.3, -0.25) is 0 Å². The third-order valence-corrected chi connectivity index (χ3v) is 2.73. The van der Waals surface area contributed by atoms with E-state index in [1.165, 1.54) is 21.9 Å². The Balaban J connectivity index is 2.82. The van der Waals surface area contributed by atoms with E-state index in [0.717, 1.165) is 0 Å². The SMILES string of the molecule is O=C(O)c1cn2ccsc2c1C(=O)O. The number of fused-ring (bicyclic) bond motifs is 1. The lowest BCUT2D eigenvalue weighted by Gasteiger charge is -1.91. The van der Waals surface area contributed by atoms with Gasteiger partial charge in [-0.2, -0.15) is 0 Å². The molecule has 5 nitrogen and oxygen atoms in total. The molecule has 72 valence electrons. The fourth-order valence-electron chi connectivity index (χ4n) is 1.27. The maximum Gasteiger partial charge on any atom is 0.339 e. The molecular formula is C8H5NO4S. The fraction of sp³-hybridized carbons (Fsp3) is 0. The van der Waals surface area contributed by atoms with Crippen molar-refractivity contribution in [1.82, 2.24) is 4.40 Å². The number of carbonyl (C=O) groups is 2. The molecule has 0 aliphatic heterocycles. The van der Waals surface area contributed by atoms with Crippen molar-refractivity contribution < 1.29 is 19.8 Å². The highest BCUT2D eigenvalue weighted by atomic mass is 32.1. The number of hydrogen-bond acceptors (Lipinski definition) is 3. The van der Waals surface area contributed by atoms with Crippen LogP contribution in [0.3, 0.4) is 0 Å². The molecule has 2 heterocycles. The van der Waals surface area contributed by atoms with Crippen LogP contribution in [0.1, 0.15) is 20.7 Å². The lowest BCUT2D eigenvalue weighted by molar-refractivity contribution is 0.0654. The van der Waals surface area contributed by atoms with Crippen LogP contribution in [0.4, 0.5) is 0 Å². The van der Waals surface area contributed by atoms with Gasteiger partial charge in [-0.25, -0.2) is 9.59 Å². The van der Waals surface area contributed by atoms with Crippen molar-refractivity contribution in [1.29, 1.82) is 0 Å². The molecule has 2 rings (SSSR count). The molecule has 0 aliphatic carbocycles. The second-order valence-electron chi connectivity index (χ2n) is 2.64. The standard InChI is InChI=1S/C8H5NO4S/c10-7(11)4-3-9-1-2-14-6(9)5(4)8(12)13/h1-3H,(H,10,11)(H,12,13). The van der Waals surface area contributed by atoms with Crippen LogP contribution in [-0.4, -0.2) is 26.6 Å². The van der Waals surface area contributed by atoms with Gasteiger partial charge < -0.3 is 14.6 Å². The van der Waals surface area contributed by atoms with Crippen LogP contribution in [0.25, 0.3) is 4.83 Å². The molecule has 0 unspecified atom stereocenters. The Morgan fingerprint density at radius 3 is 2.57 bits per heavy atom. The Bertz CT molecular complexity index is 524. The van der Waals surface area contributed by atoms with Crippen molar-refractivity contribution in [3.05, 3.63) is 28.9 Å². The minimum atomic E-state index is -1.22. The molecule has 0 atom stereocenters. The van der Waals surface area contributed by atoms with E-state index in [1.807, 2.05) is 0 Å². The van der Waals surface area contributed by atoms with E-state index in [2.05, 4.69) is 0 Å². The number of rotatable bonds is 2. The number of aromatic nitrogens is 1. The minimum Gasteiger partial charge on any atom is -0.478 e. The molecule has 0 spiro atoms. The number of carboxylic acid groups (broad SMARTS) is 2. The molecule has 2 aromatic rings. The zero-order valence-corrected chi connectivity index (χ0v) is 7.61. The number of aromatic carboxylic acids is 2. The summed E-state index contributed by atoms with van der Waals surface area (Å²) in [6.07, 6.45) is 2.93. The summed E-state index contributed by atoms with van der Waals surface area (Å²) in [6.45, 7) is 0. The second kappa shape index (κ2) is 2.85. The number of nitrogens with zero attached hydrogens (tertiary/aromatic N) is 1. The van der Waals surface area contributed by atoms with E-state index < -0.39 is 11.9 Å². The first kappa shape index (κ1) is 8.76. The lowest BCUT2D eigenvalue weighted by atomic mass is 10.2. The van der Waals surface area contributed by atoms with E-state index in [9.17, 15) is 9.59 Å². The van der Waals surface area contributed by atoms with Crippen LogP contribution >= 0.6 is 11.3 Å². The van der Waals surface area contributed by atoms with Crippen LogP contribution in [0.15, 0.2) is 17.8 Å². The highest BCUT2D eigenvalue weighted by molar-refractivity contribution is 7.16. The summed E-state index contributed by atoms with van der Waals surface area (Å²) in [6, 6.07) is 0. The van der Waals surface area contributed by atoms with Gasteiger partial charge >= 0.3 is 11.9 Å². The minimum absolute atomic E-state index is 0.146. The van der Waals surface area contributed by atoms with Crippen molar-refractivity contribution >= 4 is 28.1 Å². The van der Waals surface area contributed by atoms with Crippen molar-refractivity contribution in [2.45, 2.75) is 0 Å². The maximum atomic E-state index is 10.8. The van der Waals surface area contributed by atoms with E-state index in [0.29, 0.717) is 4.83 Å². The first-order valence-corrected chi connectivity index (χ1v) is 4.54. The number of hydrogen-bond donors (Lipinski definition) is 2. The predicted molar refractivity (Wildman–Crippen MR) is 49.2 cm³/mol. The quantitative estimate of drug-likeness (QED) is 0.786. The fourth-order valence-corrected chi connectivity index (χ4v) is 2.14. The molecule has 14 heavy (non-hydrogen) atoms. The Morgan fingerprint density at radius 2 is 2.00 bits per heavy atom. The summed E-state index contributed by atoms with van der Waals surface area (Å²) in [4.78, 5) is 22.0. The van der Waals surface area contributed by atoms with Gasteiger partial charge in [0.25, 0.3) is 0 Å². The van der Waals surface area contributed by atoms with Gasteiger partial charge in [-0.05, 0) is 0 Å². The van der Waals surface area contributed by atoms with Gasteiger partial charge in [0.15, 0.2) is 0 Å². The molecule has 0 aliphatic rings. The zero-order chi connectivity index (χ0) is 10.3. The summed E-state index contributed by atoms with van der Waals surface area (Å²) in [5.74, 6) is -2.44. The summed E-state index contributed by atoms with van der Waals surface area (Å²) in [5, 5.41) is 19.3. The third kappa shape index (κ3) is 1.08. The van der Waals surface area contributed by atoms with E-state index in [4.69, 9.17) is 10.2 Å². The zero-order valence-electron chi connectivity index (χ0n) is 6.80. The Hall–Kier alpha value is -1.82. The molecular weight excluding hydrogens is 206 g/mol. The molecule has 2 aromatic heterocycles. The summed E-state index contributed by atoms with van der Waals surface area (Å²) in [5.41, 5.74) is -0.322. The molecule has 0 saturated carbocycles. The Kier molecular flexibility index (Phi) is 1.78. The lowest BCUT2D eigenvalue weighted by Crippen LogP contribution is -2.04. The van der Waals surface area contributed by atoms with E-state index in [-0.39, 0.29) is 11.1 Å². The smallest absolute Gasteiger partial charge is 0.339 e. The Labute approximate surface area is 81.8 Å². The maximum absolute atomic E-state index is 10.8. The van der Waals surface area contributed by atoms with Crippen molar-refractivity contribution in [2.75, 3.05) is 0 Å². The van der Waals surface area contributed by atoms with Crippen LogP contribution in [-0.2, 0) is 0 Å².